The number of aliphatic hydroxyl groups excluding tert-OH is 1. The Morgan fingerprint density at radius 1 is 1.43 bits per heavy atom. The van der Waals surface area contributed by atoms with E-state index in [9.17, 15) is 10.1 Å². The van der Waals surface area contributed by atoms with Gasteiger partial charge in [0.1, 0.15) is 18.4 Å². The largest absolute Gasteiger partial charge is 0.482 e. The smallest absolute Gasteiger partial charge is 0.311 e. The lowest BCUT2D eigenvalue weighted by Crippen LogP contribution is -2.02. The molecule has 21 heavy (non-hydrogen) atoms. The van der Waals surface area contributed by atoms with Gasteiger partial charge in [0, 0.05) is 17.8 Å². The lowest BCUT2D eigenvalue weighted by atomic mass is 10.2. The molecule has 1 heterocycles. The number of hydrogen-bond donors (Lipinski definition) is 1. The van der Waals surface area contributed by atoms with Crippen molar-refractivity contribution in [2.24, 2.45) is 0 Å². The van der Waals surface area contributed by atoms with Crippen molar-refractivity contribution in [3.63, 3.8) is 0 Å². The maximum atomic E-state index is 11.0. The van der Waals surface area contributed by atoms with Gasteiger partial charge in [-0.3, -0.25) is 10.1 Å². The van der Waals surface area contributed by atoms with Crippen molar-refractivity contribution in [2.45, 2.75) is 13.2 Å². The summed E-state index contributed by atoms with van der Waals surface area (Å²) in [6.07, 6.45) is 1.49. The first-order valence-corrected chi connectivity index (χ1v) is 6.00. The van der Waals surface area contributed by atoms with Crippen LogP contribution in [0.15, 0.2) is 36.5 Å². The Hall–Kier alpha value is -2.98. The molecule has 0 saturated heterocycles. The SMILES string of the molecule is N#Cc1ncccc1COc1ccc(CO)cc1[N+](=O)[O-]. The van der Waals surface area contributed by atoms with Crippen LogP contribution in [0.5, 0.6) is 5.75 Å². The Bertz CT molecular complexity index is 710. The highest BCUT2D eigenvalue weighted by atomic mass is 16.6. The van der Waals surface area contributed by atoms with Crippen LogP contribution < -0.4 is 4.74 Å². The quantitative estimate of drug-likeness (QED) is 0.664. The summed E-state index contributed by atoms with van der Waals surface area (Å²) in [5.41, 5.74) is 0.949. The minimum Gasteiger partial charge on any atom is -0.482 e. The van der Waals surface area contributed by atoms with Gasteiger partial charge in [0.25, 0.3) is 0 Å². The summed E-state index contributed by atoms with van der Waals surface area (Å²) in [5, 5.41) is 28.9. The van der Waals surface area contributed by atoms with Crippen LogP contribution in [-0.2, 0) is 13.2 Å². The van der Waals surface area contributed by atoms with Crippen LogP contribution >= 0.6 is 0 Å². The lowest BCUT2D eigenvalue weighted by molar-refractivity contribution is -0.386. The van der Waals surface area contributed by atoms with Crippen LogP contribution in [-0.4, -0.2) is 15.0 Å². The Morgan fingerprint density at radius 2 is 2.24 bits per heavy atom. The highest BCUT2D eigenvalue weighted by Crippen LogP contribution is 2.28. The Balaban J connectivity index is 2.24. The molecule has 0 spiro atoms. The van der Waals surface area contributed by atoms with Crippen LogP contribution in [0.1, 0.15) is 16.8 Å². The summed E-state index contributed by atoms with van der Waals surface area (Å²) in [5.74, 6) is 0.0740. The molecule has 0 bridgehead atoms. The van der Waals surface area contributed by atoms with Crippen molar-refractivity contribution in [3.05, 3.63) is 63.5 Å². The summed E-state index contributed by atoms with van der Waals surface area (Å²) in [4.78, 5) is 14.3. The van der Waals surface area contributed by atoms with E-state index >= 15 is 0 Å². The van der Waals surface area contributed by atoms with Gasteiger partial charge in [-0.25, -0.2) is 4.98 Å². The molecule has 1 N–H and O–H groups in total. The van der Waals surface area contributed by atoms with Crippen LogP contribution in [0.2, 0.25) is 0 Å². The zero-order chi connectivity index (χ0) is 15.2. The van der Waals surface area contributed by atoms with Crippen molar-refractivity contribution < 1.29 is 14.8 Å². The van der Waals surface area contributed by atoms with E-state index in [-0.39, 0.29) is 30.3 Å². The highest BCUT2D eigenvalue weighted by molar-refractivity contribution is 5.48. The fraction of sp³-hybridized carbons (Fsp3) is 0.143. The number of nitro groups is 1. The lowest BCUT2D eigenvalue weighted by Gasteiger charge is -2.08. The number of rotatable bonds is 5. The molecule has 1 aromatic heterocycles. The maximum Gasteiger partial charge on any atom is 0.311 e. The molecule has 2 aromatic rings. The fourth-order valence-electron chi connectivity index (χ4n) is 1.74. The number of nitro benzene ring substituents is 1. The third kappa shape index (κ3) is 3.32. The van der Waals surface area contributed by atoms with E-state index in [1.54, 1.807) is 12.1 Å². The number of ether oxygens (including phenoxy) is 1. The van der Waals surface area contributed by atoms with Crippen LogP contribution in [0.4, 0.5) is 5.69 Å². The molecule has 7 nitrogen and oxygen atoms in total. The number of nitriles is 1. The molecule has 0 aliphatic carbocycles. The second-order valence-electron chi connectivity index (χ2n) is 4.13. The maximum absolute atomic E-state index is 11.0. The van der Waals surface area contributed by atoms with Gasteiger partial charge < -0.3 is 9.84 Å². The summed E-state index contributed by atoms with van der Waals surface area (Å²) in [6.45, 7) is -0.293. The summed E-state index contributed by atoms with van der Waals surface area (Å²) in [6, 6.07) is 9.47. The Morgan fingerprint density at radius 3 is 2.90 bits per heavy atom. The van der Waals surface area contributed by atoms with E-state index in [2.05, 4.69) is 4.98 Å². The van der Waals surface area contributed by atoms with Gasteiger partial charge in [0.15, 0.2) is 5.75 Å². The molecule has 0 unspecified atom stereocenters. The Labute approximate surface area is 120 Å². The molecule has 1 aromatic carbocycles. The molecular formula is C14H11N3O4. The van der Waals surface area contributed by atoms with Crippen LogP contribution in [0.25, 0.3) is 0 Å². The predicted octanol–water partition coefficient (Wildman–Crippen LogP) is 1.93. The molecule has 7 heteroatoms. The third-order valence-corrected chi connectivity index (χ3v) is 2.78. The molecular weight excluding hydrogens is 274 g/mol. The van der Waals surface area contributed by atoms with E-state index in [1.807, 2.05) is 6.07 Å². The monoisotopic (exact) mass is 285 g/mol. The van der Waals surface area contributed by atoms with Crippen molar-refractivity contribution in [1.29, 1.82) is 5.26 Å². The van der Waals surface area contributed by atoms with Gasteiger partial charge in [0.2, 0.25) is 0 Å². The second kappa shape index (κ2) is 6.45. The molecule has 0 saturated carbocycles. The van der Waals surface area contributed by atoms with Crippen molar-refractivity contribution in [1.82, 2.24) is 4.98 Å². The number of benzene rings is 1. The van der Waals surface area contributed by atoms with E-state index in [1.165, 1.54) is 24.4 Å². The van der Waals surface area contributed by atoms with E-state index < -0.39 is 4.92 Å². The topological polar surface area (TPSA) is 109 Å². The van der Waals surface area contributed by atoms with Gasteiger partial charge in [-0.1, -0.05) is 12.1 Å². The number of aromatic nitrogens is 1. The zero-order valence-corrected chi connectivity index (χ0v) is 10.9. The molecule has 0 amide bonds. The fourth-order valence-corrected chi connectivity index (χ4v) is 1.74. The first-order valence-electron chi connectivity index (χ1n) is 6.00. The molecule has 106 valence electrons. The van der Waals surface area contributed by atoms with Crippen LogP contribution in [0.3, 0.4) is 0 Å². The van der Waals surface area contributed by atoms with Crippen molar-refractivity contribution >= 4 is 5.69 Å². The van der Waals surface area contributed by atoms with E-state index in [4.69, 9.17) is 15.1 Å². The molecule has 0 aliphatic rings. The van der Waals surface area contributed by atoms with Gasteiger partial charge in [0.05, 0.1) is 11.5 Å². The zero-order valence-electron chi connectivity index (χ0n) is 10.9. The minimum atomic E-state index is -0.580. The number of nitrogens with zero attached hydrogens (tertiary/aromatic N) is 3. The minimum absolute atomic E-state index is 0.00392. The van der Waals surface area contributed by atoms with Gasteiger partial charge in [-0.05, 0) is 17.7 Å². The number of aliphatic hydroxyl groups is 1. The molecule has 0 atom stereocenters. The summed E-state index contributed by atoms with van der Waals surface area (Å²) in [7, 11) is 0. The highest BCUT2D eigenvalue weighted by Gasteiger charge is 2.16. The molecule has 0 fully saturated rings. The van der Waals surface area contributed by atoms with Crippen LogP contribution in [0, 0.1) is 21.4 Å². The number of pyridine rings is 1. The Kier molecular flexibility index (Phi) is 4.43. The van der Waals surface area contributed by atoms with Gasteiger partial charge >= 0.3 is 5.69 Å². The number of hydrogen-bond acceptors (Lipinski definition) is 6. The predicted molar refractivity (Wildman–Crippen MR) is 72.3 cm³/mol. The normalized spacial score (nSPS) is 9.90. The third-order valence-electron chi connectivity index (χ3n) is 2.78. The average molecular weight is 285 g/mol. The molecule has 0 radical (unpaired) electrons. The summed E-state index contributed by atoms with van der Waals surface area (Å²) < 4.78 is 5.41. The van der Waals surface area contributed by atoms with E-state index in [0.717, 1.165) is 0 Å². The van der Waals surface area contributed by atoms with Gasteiger partial charge in [-0.2, -0.15) is 5.26 Å². The van der Waals surface area contributed by atoms with Gasteiger partial charge in [-0.15, -0.1) is 0 Å². The molecule has 2 rings (SSSR count). The van der Waals surface area contributed by atoms with E-state index in [0.29, 0.717) is 11.1 Å². The second-order valence-corrected chi connectivity index (χ2v) is 4.13. The first-order chi connectivity index (χ1) is 10.2. The van der Waals surface area contributed by atoms with Crippen molar-refractivity contribution in [3.8, 4) is 11.8 Å². The van der Waals surface area contributed by atoms with Crippen molar-refractivity contribution in [2.75, 3.05) is 0 Å². The standard InChI is InChI=1S/C14H11N3O4/c15-7-12-11(2-1-5-16-12)9-21-14-4-3-10(8-18)6-13(14)17(19)20/h1-6,18H,8-9H2. The summed E-state index contributed by atoms with van der Waals surface area (Å²) >= 11 is 0. The molecule has 0 aliphatic heterocycles. The average Bonchev–Trinajstić information content (AvgIpc) is 2.52. The first kappa shape index (κ1) is 14.4.